The zero-order valence-corrected chi connectivity index (χ0v) is 9.73. The zero-order valence-electron chi connectivity index (χ0n) is 9.73. The minimum absolute atomic E-state index is 0.0569. The van der Waals surface area contributed by atoms with Crippen molar-refractivity contribution in [1.82, 2.24) is 5.32 Å². The molecule has 0 aliphatic carbocycles. The summed E-state index contributed by atoms with van der Waals surface area (Å²) in [5.41, 5.74) is 0.496. The molecule has 1 rings (SSSR count). The van der Waals surface area contributed by atoms with Gasteiger partial charge < -0.3 is 10.4 Å². The van der Waals surface area contributed by atoms with Crippen LogP contribution in [0.1, 0.15) is 12.0 Å². The van der Waals surface area contributed by atoms with E-state index in [4.69, 9.17) is 5.11 Å². The molecule has 1 aromatic rings. The lowest BCUT2D eigenvalue weighted by Gasteiger charge is -2.12. The van der Waals surface area contributed by atoms with E-state index < -0.39 is 23.7 Å². The van der Waals surface area contributed by atoms with E-state index >= 15 is 0 Å². The smallest absolute Gasteiger partial charge is 0.326 e. The Balaban J connectivity index is 2.60. The van der Waals surface area contributed by atoms with E-state index in [9.17, 15) is 14.0 Å². The summed E-state index contributed by atoms with van der Waals surface area (Å²) >= 11 is 0. The van der Waals surface area contributed by atoms with Crippen molar-refractivity contribution in [1.29, 1.82) is 0 Å². The minimum Gasteiger partial charge on any atom is -0.480 e. The molecular weight excluding hydrogens is 237 g/mol. The van der Waals surface area contributed by atoms with Gasteiger partial charge in [0.2, 0.25) is 5.91 Å². The van der Waals surface area contributed by atoms with E-state index in [0.29, 0.717) is 5.56 Å². The molecule has 1 atom stereocenters. The first-order chi connectivity index (χ1) is 8.52. The first-order valence-electron chi connectivity index (χ1n) is 5.40. The standard InChI is InChI=1S/C13H14FNO3/c1-2-4-11(13(17)18)15-12(16)8-9-5-3-6-10(14)7-9/h2-3,5-7,11H,1,4,8H2,(H,15,16)(H,17,18)/t11-/m1/s1. The SMILES string of the molecule is C=CC[C@@H](NC(=O)Cc1cccc(F)c1)C(=O)O. The van der Waals surface area contributed by atoms with Gasteiger partial charge in [-0.2, -0.15) is 0 Å². The van der Waals surface area contributed by atoms with Gasteiger partial charge in [0.15, 0.2) is 0 Å². The zero-order chi connectivity index (χ0) is 13.5. The van der Waals surface area contributed by atoms with E-state index in [1.807, 2.05) is 0 Å². The monoisotopic (exact) mass is 251 g/mol. The molecule has 0 saturated heterocycles. The van der Waals surface area contributed by atoms with Gasteiger partial charge in [0, 0.05) is 0 Å². The van der Waals surface area contributed by atoms with E-state index in [-0.39, 0.29) is 12.8 Å². The van der Waals surface area contributed by atoms with Crippen molar-refractivity contribution in [3.63, 3.8) is 0 Å². The summed E-state index contributed by atoms with van der Waals surface area (Å²) in [6.07, 6.45) is 1.50. The molecule has 1 amide bonds. The quantitative estimate of drug-likeness (QED) is 0.753. The second-order valence-corrected chi connectivity index (χ2v) is 3.79. The van der Waals surface area contributed by atoms with Crippen molar-refractivity contribution < 1.29 is 19.1 Å². The van der Waals surface area contributed by atoms with Crippen LogP contribution < -0.4 is 5.32 Å². The number of nitrogens with one attached hydrogen (secondary N) is 1. The number of hydrogen-bond acceptors (Lipinski definition) is 2. The summed E-state index contributed by atoms with van der Waals surface area (Å²) in [6, 6.07) is 4.62. The van der Waals surface area contributed by atoms with Crippen LogP contribution in [0, 0.1) is 5.82 Å². The Morgan fingerprint density at radius 2 is 2.22 bits per heavy atom. The number of halogens is 1. The molecule has 0 saturated carbocycles. The normalized spacial score (nSPS) is 11.6. The van der Waals surface area contributed by atoms with Gasteiger partial charge in [0.1, 0.15) is 11.9 Å². The second-order valence-electron chi connectivity index (χ2n) is 3.79. The molecule has 4 nitrogen and oxygen atoms in total. The van der Waals surface area contributed by atoms with Gasteiger partial charge in [-0.25, -0.2) is 9.18 Å². The number of rotatable bonds is 6. The Morgan fingerprint density at radius 3 is 2.78 bits per heavy atom. The molecule has 18 heavy (non-hydrogen) atoms. The molecular formula is C13H14FNO3. The third-order valence-electron chi connectivity index (χ3n) is 2.29. The van der Waals surface area contributed by atoms with Crippen molar-refractivity contribution in [3.8, 4) is 0 Å². The number of benzene rings is 1. The van der Waals surface area contributed by atoms with Crippen LogP contribution in [-0.2, 0) is 16.0 Å². The van der Waals surface area contributed by atoms with E-state index in [0.717, 1.165) is 0 Å². The van der Waals surface area contributed by atoms with Gasteiger partial charge in [-0.3, -0.25) is 4.79 Å². The molecule has 0 spiro atoms. The fraction of sp³-hybridized carbons (Fsp3) is 0.231. The number of carbonyl (C=O) groups excluding carboxylic acids is 1. The lowest BCUT2D eigenvalue weighted by molar-refractivity contribution is -0.141. The molecule has 0 bridgehead atoms. The molecule has 1 aromatic carbocycles. The first-order valence-corrected chi connectivity index (χ1v) is 5.40. The fourth-order valence-corrected chi connectivity index (χ4v) is 1.47. The maximum Gasteiger partial charge on any atom is 0.326 e. The molecule has 5 heteroatoms. The number of amides is 1. The average Bonchev–Trinajstić information content (AvgIpc) is 2.28. The number of carbonyl (C=O) groups is 2. The van der Waals surface area contributed by atoms with Crippen LogP contribution in [0.25, 0.3) is 0 Å². The maximum atomic E-state index is 12.9. The van der Waals surface area contributed by atoms with Crippen LogP contribution in [0.5, 0.6) is 0 Å². The van der Waals surface area contributed by atoms with Gasteiger partial charge in [-0.05, 0) is 24.1 Å². The third kappa shape index (κ3) is 4.37. The van der Waals surface area contributed by atoms with E-state index in [2.05, 4.69) is 11.9 Å². The summed E-state index contributed by atoms with van der Waals surface area (Å²) in [7, 11) is 0. The average molecular weight is 251 g/mol. The number of aliphatic carboxylic acids is 1. The molecule has 0 aromatic heterocycles. The largest absolute Gasteiger partial charge is 0.480 e. The van der Waals surface area contributed by atoms with Crippen molar-refractivity contribution in [2.75, 3.05) is 0 Å². The van der Waals surface area contributed by atoms with Crippen molar-refractivity contribution in [3.05, 3.63) is 48.3 Å². The summed E-state index contributed by atoms with van der Waals surface area (Å²) in [5.74, 6) is -2.02. The van der Waals surface area contributed by atoms with Crippen LogP contribution in [0.2, 0.25) is 0 Å². The first kappa shape index (κ1) is 13.9. The Bertz CT molecular complexity index is 459. The lowest BCUT2D eigenvalue weighted by atomic mass is 10.1. The Hall–Kier alpha value is -2.17. The molecule has 0 radical (unpaired) electrons. The number of hydrogen-bond donors (Lipinski definition) is 2. The van der Waals surface area contributed by atoms with E-state index in [1.165, 1.54) is 24.3 Å². The number of carboxylic acids is 1. The molecule has 0 unspecified atom stereocenters. The molecule has 0 aliphatic heterocycles. The van der Waals surface area contributed by atoms with Crippen LogP contribution in [0.4, 0.5) is 4.39 Å². The summed E-state index contributed by atoms with van der Waals surface area (Å²) in [4.78, 5) is 22.4. The van der Waals surface area contributed by atoms with Crippen LogP contribution in [0.15, 0.2) is 36.9 Å². The van der Waals surface area contributed by atoms with Crippen molar-refractivity contribution in [2.45, 2.75) is 18.9 Å². The van der Waals surface area contributed by atoms with Gasteiger partial charge in [-0.15, -0.1) is 6.58 Å². The summed E-state index contributed by atoms with van der Waals surface area (Å²) in [5, 5.41) is 11.2. The van der Waals surface area contributed by atoms with Crippen LogP contribution in [0.3, 0.4) is 0 Å². The topological polar surface area (TPSA) is 66.4 Å². The van der Waals surface area contributed by atoms with E-state index in [1.54, 1.807) is 6.07 Å². The Kier molecular flexibility index (Phi) is 5.05. The highest BCUT2D eigenvalue weighted by atomic mass is 19.1. The molecule has 0 aliphatic rings. The fourth-order valence-electron chi connectivity index (χ4n) is 1.47. The second kappa shape index (κ2) is 6.54. The lowest BCUT2D eigenvalue weighted by Crippen LogP contribution is -2.41. The van der Waals surface area contributed by atoms with Gasteiger partial charge in [-0.1, -0.05) is 18.2 Å². The highest BCUT2D eigenvalue weighted by molar-refractivity contribution is 5.84. The predicted molar refractivity (Wildman–Crippen MR) is 64.5 cm³/mol. The molecule has 0 heterocycles. The van der Waals surface area contributed by atoms with Crippen molar-refractivity contribution in [2.24, 2.45) is 0 Å². The minimum atomic E-state index is -1.12. The molecule has 0 fully saturated rings. The van der Waals surface area contributed by atoms with Crippen LogP contribution >= 0.6 is 0 Å². The predicted octanol–water partition coefficient (Wildman–Crippen LogP) is 1.51. The number of carboxylic acid groups (broad SMARTS) is 1. The van der Waals surface area contributed by atoms with Crippen LogP contribution in [-0.4, -0.2) is 23.0 Å². The highest BCUT2D eigenvalue weighted by Crippen LogP contribution is 2.04. The molecule has 2 N–H and O–H groups in total. The van der Waals surface area contributed by atoms with Crippen molar-refractivity contribution >= 4 is 11.9 Å². The van der Waals surface area contributed by atoms with Gasteiger partial charge >= 0.3 is 5.97 Å². The third-order valence-corrected chi connectivity index (χ3v) is 2.29. The van der Waals surface area contributed by atoms with Gasteiger partial charge in [0.05, 0.1) is 6.42 Å². The maximum absolute atomic E-state index is 12.9. The van der Waals surface area contributed by atoms with Gasteiger partial charge in [0.25, 0.3) is 0 Å². The summed E-state index contributed by atoms with van der Waals surface area (Å²) < 4.78 is 12.9. The Morgan fingerprint density at radius 1 is 1.50 bits per heavy atom. The summed E-state index contributed by atoms with van der Waals surface area (Å²) in [6.45, 7) is 3.42. The Labute approximate surface area is 104 Å². The molecule has 96 valence electrons. The highest BCUT2D eigenvalue weighted by Gasteiger charge is 2.18.